The first-order valence-corrected chi connectivity index (χ1v) is 13.7. The molecule has 0 unspecified atom stereocenters. The third-order valence-corrected chi connectivity index (χ3v) is 7.30. The fourth-order valence-electron chi connectivity index (χ4n) is 3.61. The van der Waals surface area contributed by atoms with Gasteiger partial charge in [-0.2, -0.15) is 9.78 Å². The zero-order valence-corrected chi connectivity index (χ0v) is 24.4. The summed E-state index contributed by atoms with van der Waals surface area (Å²) in [4.78, 5) is 30.2. The Balaban J connectivity index is 1.65. The van der Waals surface area contributed by atoms with Crippen molar-refractivity contribution in [2.24, 2.45) is 5.10 Å². The zero-order valence-electron chi connectivity index (χ0n) is 20.5. The molecule has 38 heavy (non-hydrogen) atoms. The molecule has 0 spiro atoms. The summed E-state index contributed by atoms with van der Waals surface area (Å²) in [6.07, 6.45) is 2.00. The molecular formula is C27H23Br2ClN4O4. The largest absolute Gasteiger partial charge is 0.490 e. The lowest BCUT2D eigenvalue weighted by Gasteiger charge is -2.16. The standard InChI is InChI=1S/C27H23Br2ClN4O4/c1-3-22-33-20-11-10-17(28)13-19(20)27(36)34(22)31-14-16-12-21(37-4-2)26(25(30)24(16)29)38-15-23(35)32-18-8-6-5-7-9-18/h5-14H,3-4,15H2,1-2H3,(H,32,35). The highest BCUT2D eigenvalue weighted by Crippen LogP contribution is 2.42. The number of aromatic nitrogens is 2. The average Bonchev–Trinajstić information content (AvgIpc) is 2.91. The van der Waals surface area contributed by atoms with Crippen molar-refractivity contribution in [3.63, 3.8) is 0 Å². The molecule has 196 valence electrons. The number of rotatable bonds is 9. The molecule has 8 nitrogen and oxygen atoms in total. The minimum absolute atomic E-state index is 0.202. The molecule has 0 aliphatic carbocycles. The Kier molecular flexibility index (Phi) is 9.19. The summed E-state index contributed by atoms with van der Waals surface area (Å²) in [6, 6.07) is 16.1. The van der Waals surface area contributed by atoms with Crippen molar-refractivity contribution >= 4 is 72.2 Å². The number of benzene rings is 3. The summed E-state index contributed by atoms with van der Waals surface area (Å²) >= 11 is 13.5. The molecule has 4 rings (SSSR count). The summed E-state index contributed by atoms with van der Waals surface area (Å²) in [5, 5.41) is 7.84. The van der Waals surface area contributed by atoms with Gasteiger partial charge in [-0.3, -0.25) is 9.59 Å². The summed E-state index contributed by atoms with van der Waals surface area (Å²) in [5.74, 6) is 0.707. The van der Waals surface area contributed by atoms with Gasteiger partial charge in [0.25, 0.3) is 11.5 Å². The Labute approximate surface area is 240 Å². The quantitative estimate of drug-likeness (QED) is 0.209. The molecule has 0 fully saturated rings. The van der Waals surface area contributed by atoms with Gasteiger partial charge in [-0.05, 0) is 59.3 Å². The lowest BCUT2D eigenvalue weighted by molar-refractivity contribution is -0.118. The van der Waals surface area contributed by atoms with Gasteiger partial charge in [-0.15, -0.1) is 0 Å². The number of nitrogens with one attached hydrogen (secondary N) is 1. The van der Waals surface area contributed by atoms with Gasteiger partial charge in [0.2, 0.25) is 0 Å². The molecule has 4 aromatic rings. The van der Waals surface area contributed by atoms with Crippen LogP contribution in [0.15, 0.2) is 73.4 Å². The predicted octanol–water partition coefficient (Wildman–Crippen LogP) is 6.44. The number of carbonyl (C=O) groups excluding carboxylic acids is 1. The van der Waals surface area contributed by atoms with E-state index >= 15 is 0 Å². The number of ether oxygens (including phenoxy) is 2. The molecule has 0 saturated heterocycles. The van der Waals surface area contributed by atoms with Gasteiger partial charge in [-0.25, -0.2) is 4.98 Å². The number of carbonyl (C=O) groups is 1. The van der Waals surface area contributed by atoms with E-state index in [1.165, 1.54) is 10.9 Å². The number of anilines is 1. The van der Waals surface area contributed by atoms with E-state index in [4.69, 9.17) is 21.1 Å². The van der Waals surface area contributed by atoms with E-state index in [0.717, 1.165) is 4.47 Å². The number of halogens is 3. The molecular weight excluding hydrogens is 640 g/mol. The molecule has 0 saturated carbocycles. The minimum Gasteiger partial charge on any atom is -0.490 e. The molecule has 0 aliphatic rings. The van der Waals surface area contributed by atoms with Crippen LogP contribution < -0.4 is 20.3 Å². The number of amides is 1. The van der Waals surface area contributed by atoms with Crippen LogP contribution in [0.2, 0.25) is 5.02 Å². The van der Waals surface area contributed by atoms with Crippen molar-refractivity contribution in [1.29, 1.82) is 0 Å². The zero-order chi connectivity index (χ0) is 27.2. The predicted molar refractivity (Wildman–Crippen MR) is 157 cm³/mol. The third-order valence-electron chi connectivity index (χ3n) is 5.36. The van der Waals surface area contributed by atoms with Crippen LogP contribution in [0.4, 0.5) is 5.69 Å². The number of para-hydroxylation sites is 1. The van der Waals surface area contributed by atoms with E-state index in [9.17, 15) is 9.59 Å². The highest BCUT2D eigenvalue weighted by atomic mass is 79.9. The summed E-state index contributed by atoms with van der Waals surface area (Å²) in [5.41, 5.74) is 1.51. The monoisotopic (exact) mass is 660 g/mol. The van der Waals surface area contributed by atoms with Crippen molar-refractivity contribution in [3.8, 4) is 11.5 Å². The molecule has 1 aromatic heterocycles. The van der Waals surface area contributed by atoms with Crippen LogP contribution in [0.5, 0.6) is 11.5 Å². The van der Waals surface area contributed by atoms with Gasteiger partial charge in [0.05, 0.1) is 23.7 Å². The van der Waals surface area contributed by atoms with E-state index in [-0.39, 0.29) is 28.8 Å². The second-order valence-corrected chi connectivity index (χ2v) is 10.0. The lowest BCUT2D eigenvalue weighted by atomic mass is 10.2. The minimum atomic E-state index is -0.349. The summed E-state index contributed by atoms with van der Waals surface area (Å²) in [6.45, 7) is 3.78. The molecule has 1 amide bonds. The SMILES string of the molecule is CCOc1cc(C=Nn2c(CC)nc3ccc(Br)cc3c2=O)c(Br)c(Cl)c1OCC(=O)Nc1ccccc1. The number of fused-ring (bicyclic) bond motifs is 1. The van der Waals surface area contributed by atoms with Crippen LogP contribution in [-0.2, 0) is 11.2 Å². The normalized spacial score (nSPS) is 11.2. The van der Waals surface area contributed by atoms with Crippen LogP contribution in [0, 0.1) is 0 Å². The number of hydrogen-bond donors (Lipinski definition) is 1. The van der Waals surface area contributed by atoms with Gasteiger partial charge in [0, 0.05) is 26.6 Å². The first-order valence-electron chi connectivity index (χ1n) is 11.7. The van der Waals surface area contributed by atoms with E-state index in [1.54, 1.807) is 30.3 Å². The average molecular weight is 663 g/mol. The van der Waals surface area contributed by atoms with E-state index in [1.807, 2.05) is 38.1 Å². The molecule has 0 atom stereocenters. The fourth-order valence-corrected chi connectivity index (χ4v) is 4.63. The Morgan fingerprint density at radius 1 is 1.13 bits per heavy atom. The van der Waals surface area contributed by atoms with Crippen molar-refractivity contribution in [3.05, 3.63) is 90.3 Å². The van der Waals surface area contributed by atoms with Crippen molar-refractivity contribution < 1.29 is 14.3 Å². The molecule has 1 heterocycles. The number of hydrogen-bond acceptors (Lipinski definition) is 6. The molecule has 0 radical (unpaired) electrons. The molecule has 0 bridgehead atoms. The van der Waals surface area contributed by atoms with E-state index in [0.29, 0.717) is 51.2 Å². The maximum atomic E-state index is 13.2. The number of nitrogens with zero attached hydrogens (tertiary/aromatic N) is 3. The van der Waals surface area contributed by atoms with E-state index in [2.05, 4.69) is 47.3 Å². The van der Waals surface area contributed by atoms with Crippen LogP contribution >= 0.6 is 43.5 Å². The van der Waals surface area contributed by atoms with Crippen LogP contribution in [-0.4, -0.2) is 35.0 Å². The molecule has 1 N–H and O–H groups in total. The van der Waals surface area contributed by atoms with Crippen LogP contribution in [0.3, 0.4) is 0 Å². The summed E-state index contributed by atoms with van der Waals surface area (Å²) < 4.78 is 14.0. The number of aryl methyl sites for hydroxylation is 1. The Morgan fingerprint density at radius 2 is 1.89 bits per heavy atom. The topological polar surface area (TPSA) is 94.8 Å². The van der Waals surface area contributed by atoms with Gasteiger partial charge in [-0.1, -0.05) is 52.7 Å². The van der Waals surface area contributed by atoms with Gasteiger partial charge in [0.15, 0.2) is 18.1 Å². The van der Waals surface area contributed by atoms with Crippen molar-refractivity contribution in [1.82, 2.24) is 9.66 Å². The smallest absolute Gasteiger partial charge is 0.282 e. The molecule has 3 aromatic carbocycles. The molecule has 0 aliphatic heterocycles. The second-order valence-electron chi connectivity index (χ2n) is 7.96. The highest BCUT2D eigenvalue weighted by molar-refractivity contribution is 9.10. The van der Waals surface area contributed by atoms with Crippen LogP contribution in [0.25, 0.3) is 10.9 Å². The first kappa shape index (κ1) is 27.8. The lowest BCUT2D eigenvalue weighted by Crippen LogP contribution is -2.22. The Bertz CT molecular complexity index is 1580. The van der Waals surface area contributed by atoms with Crippen LogP contribution in [0.1, 0.15) is 25.2 Å². The first-order chi connectivity index (χ1) is 18.3. The van der Waals surface area contributed by atoms with Gasteiger partial charge < -0.3 is 14.8 Å². The molecule has 11 heteroatoms. The Morgan fingerprint density at radius 3 is 2.61 bits per heavy atom. The van der Waals surface area contributed by atoms with Gasteiger partial charge >= 0.3 is 0 Å². The second kappa shape index (κ2) is 12.6. The summed E-state index contributed by atoms with van der Waals surface area (Å²) in [7, 11) is 0. The maximum Gasteiger partial charge on any atom is 0.282 e. The van der Waals surface area contributed by atoms with Crippen molar-refractivity contribution in [2.45, 2.75) is 20.3 Å². The van der Waals surface area contributed by atoms with Crippen molar-refractivity contribution in [2.75, 3.05) is 18.5 Å². The van der Waals surface area contributed by atoms with Gasteiger partial charge in [0.1, 0.15) is 10.8 Å². The van der Waals surface area contributed by atoms with E-state index < -0.39 is 0 Å². The fraction of sp³-hybridized carbons (Fsp3) is 0.185. The highest BCUT2D eigenvalue weighted by Gasteiger charge is 2.19. The maximum absolute atomic E-state index is 13.2. The Hall–Kier alpha value is -3.21. The third kappa shape index (κ3) is 6.25.